The Morgan fingerprint density at radius 1 is 1.40 bits per heavy atom. The third-order valence-corrected chi connectivity index (χ3v) is 3.95. The molecule has 0 radical (unpaired) electrons. The molecule has 3 aromatic rings. The highest BCUT2D eigenvalue weighted by molar-refractivity contribution is 7.98. The van der Waals surface area contributed by atoms with Gasteiger partial charge in [-0.25, -0.2) is 4.98 Å². The van der Waals surface area contributed by atoms with Gasteiger partial charge in [-0.15, -0.1) is 10.2 Å². The Morgan fingerprint density at radius 2 is 2.30 bits per heavy atom. The van der Waals surface area contributed by atoms with Crippen LogP contribution in [0.2, 0.25) is 5.02 Å². The van der Waals surface area contributed by atoms with Gasteiger partial charge in [-0.1, -0.05) is 29.4 Å². The number of hydrogen-bond donors (Lipinski definition) is 0. The molecule has 0 saturated heterocycles. The second-order valence-corrected chi connectivity index (χ2v) is 5.55. The largest absolute Gasteiger partial charge is 0.444 e. The van der Waals surface area contributed by atoms with Crippen LogP contribution in [0.3, 0.4) is 0 Å². The molecule has 1 aromatic carbocycles. The molecule has 0 bridgehead atoms. The summed E-state index contributed by atoms with van der Waals surface area (Å²) in [6.45, 7) is 0. The normalized spacial score (nSPS) is 10.9. The lowest BCUT2D eigenvalue weighted by molar-refractivity contribution is 0.573. The lowest BCUT2D eigenvalue weighted by atomic mass is 10.2. The minimum Gasteiger partial charge on any atom is -0.444 e. The van der Waals surface area contributed by atoms with Gasteiger partial charge in [0.15, 0.2) is 5.16 Å². The number of aromatic nitrogens is 4. The van der Waals surface area contributed by atoms with E-state index in [4.69, 9.17) is 16.0 Å². The molecule has 7 heteroatoms. The van der Waals surface area contributed by atoms with Gasteiger partial charge in [0.25, 0.3) is 0 Å². The second kappa shape index (κ2) is 5.68. The van der Waals surface area contributed by atoms with Crippen molar-refractivity contribution in [1.82, 2.24) is 19.7 Å². The van der Waals surface area contributed by atoms with E-state index in [1.807, 2.05) is 35.9 Å². The zero-order valence-electron chi connectivity index (χ0n) is 10.7. The molecular formula is C13H11ClN4OS. The zero-order valence-corrected chi connectivity index (χ0v) is 12.2. The first-order valence-corrected chi connectivity index (χ1v) is 7.26. The van der Waals surface area contributed by atoms with Crippen LogP contribution in [0.1, 0.15) is 5.69 Å². The average Bonchev–Trinajstić information content (AvgIpc) is 3.05. The summed E-state index contributed by atoms with van der Waals surface area (Å²) in [5.41, 5.74) is 1.72. The van der Waals surface area contributed by atoms with E-state index in [9.17, 15) is 0 Å². The zero-order chi connectivity index (χ0) is 13.9. The summed E-state index contributed by atoms with van der Waals surface area (Å²) in [7, 11) is 1.91. The summed E-state index contributed by atoms with van der Waals surface area (Å²) in [5, 5.41) is 9.35. The van der Waals surface area contributed by atoms with Crippen molar-refractivity contribution in [3.05, 3.63) is 47.6 Å². The molecule has 0 unspecified atom stereocenters. The standard InChI is InChI=1S/C13H11ClN4OS/c1-18-8-15-17-13(18)20-7-11-6-19-12(16-11)9-3-2-4-10(14)5-9/h2-6,8H,7H2,1H3. The van der Waals surface area contributed by atoms with Crippen molar-refractivity contribution in [2.45, 2.75) is 10.9 Å². The van der Waals surface area contributed by atoms with Gasteiger partial charge in [0.2, 0.25) is 5.89 Å². The number of rotatable bonds is 4. The van der Waals surface area contributed by atoms with Gasteiger partial charge in [0.05, 0.1) is 5.69 Å². The molecule has 0 aliphatic rings. The highest BCUT2D eigenvalue weighted by atomic mass is 35.5. The van der Waals surface area contributed by atoms with E-state index in [0.29, 0.717) is 16.7 Å². The highest BCUT2D eigenvalue weighted by Crippen LogP contribution is 2.25. The molecule has 3 rings (SSSR count). The number of nitrogens with zero attached hydrogens (tertiary/aromatic N) is 4. The number of halogens is 1. The van der Waals surface area contributed by atoms with Gasteiger partial charge >= 0.3 is 0 Å². The van der Waals surface area contributed by atoms with Gasteiger partial charge in [0.1, 0.15) is 12.6 Å². The predicted molar refractivity (Wildman–Crippen MR) is 77.5 cm³/mol. The minimum atomic E-state index is 0.570. The third-order valence-electron chi connectivity index (χ3n) is 2.64. The van der Waals surface area contributed by atoms with Crippen molar-refractivity contribution < 1.29 is 4.42 Å². The smallest absolute Gasteiger partial charge is 0.226 e. The summed E-state index contributed by atoms with van der Waals surface area (Å²) >= 11 is 7.52. The SMILES string of the molecule is Cn1cnnc1SCc1coc(-c2cccc(Cl)c2)n1. The Bertz CT molecular complexity index is 724. The first-order chi connectivity index (χ1) is 9.72. The van der Waals surface area contributed by atoms with E-state index in [-0.39, 0.29) is 0 Å². The fourth-order valence-corrected chi connectivity index (χ4v) is 2.62. The maximum atomic E-state index is 5.96. The minimum absolute atomic E-state index is 0.570. The molecule has 0 saturated carbocycles. The van der Waals surface area contributed by atoms with E-state index in [0.717, 1.165) is 16.4 Å². The lowest BCUT2D eigenvalue weighted by Crippen LogP contribution is -1.90. The van der Waals surface area contributed by atoms with Gasteiger partial charge in [-0.2, -0.15) is 0 Å². The van der Waals surface area contributed by atoms with Crippen molar-refractivity contribution >= 4 is 23.4 Å². The Morgan fingerprint density at radius 3 is 3.05 bits per heavy atom. The van der Waals surface area contributed by atoms with E-state index in [1.54, 1.807) is 24.4 Å². The molecule has 20 heavy (non-hydrogen) atoms. The molecule has 2 aromatic heterocycles. The molecule has 2 heterocycles. The van der Waals surface area contributed by atoms with Crippen molar-refractivity contribution in [1.29, 1.82) is 0 Å². The van der Waals surface area contributed by atoms with E-state index < -0.39 is 0 Å². The van der Waals surface area contributed by atoms with E-state index in [2.05, 4.69) is 15.2 Å². The monoisotopic (exact) mass is 306 g/mol. The molecule has 0 aliphatic carbocycles. The highest BCUT2D eigenvalue weighted by Gasteiger charge is 2.09. The van der Waals surface area contributed by atoms with Crippen LogP contribution in [-0.4, -0.2) is 19.7 Å². The van der Waals surface area contributed by atoms with Gasteiger partial charge in [0, 0.05) is 23.4 Å². The Kier molecular flexibility index (Phi) is 3.75. The van der Waals surface area contributed by atoms with Crippen molar-refractivity contribution in [3.8, 4) is 11.5 Å². The van der Waals surface area contributed by atoms with Crippen molar-refractivity contribution in [2.24, 2.45) is 7.05 Å². The number of hydrogen-bond acceptors (Lipinski definition) is 5. The molecular weight excluding hydrogens is 296 g/mol. The van der Waals surface area contributed by atoms with Crippen LogP contribution in [0.4, 0.5) is 0 Å². The number of aryl methyl sites for hydroxylation is 1. The Balaban J connectivity index is 1.72. The van der Waals surface area contributed by atoms with Crippen LogP contribution in [0.25, 0.3) is 11.5 Å². The first-order valence-electron chi connectivity index (χ1n) is 5.89. The van der Waals surface area contributed by atoms with E-state index in [1.165, 1.54) is 0 Å². The summed E-state index contributed by atoms with van der Waals surface area (Å²) in [4.78, 5) is 4.45. The maximum absolute atomic E-state index is 5.96. The quantitative estimate of drug-likeness (QED) is 0.691. The second-order valence-electron chi connectivity index (χ2n) is 4.17. The topological polar surface area (TPSA) is 56.7 Å². The fourth-order valence-electron chi connectivity index (χ4n) is 1.67. The Hall–Kier alpha value is -1.79. The van der Waals surface area contributed by atoms with Gasteiger partial charge in [-0.05, 0) is 18.2 Å². The van der Waals surface area contributed by atoms with E-state index >= 15 is 0 Å². The molecule has 0 aliphatic heterocycles. The third kappa shape index (κ3) is 2.86. The average molecular weight is 307 g/mol. The van der Waals surface area contributed by atoms with Crippen LogP contribution in [0.15, 0.2) is 46.4 Å². The molecule has 0 amide bonds. The molecule has 0 spiro atoms. The number of thioether (sulfide) groups is 1. The molecule has 102 valence electrons. The fraction of sp³-hybridized carbons (Fsp3) is 0.154. The van der Waals surface area contributed by atoms with Crippen molar-refractivity contribution in [3.63, 3.8) is 0 Å². The van der Waals surface area contributed by atoms with Crippen LogP contribution in [0.5, 0.6) is 0 Å². The molecule has 0 N–H and O–H groups in total. The van der Waals surface area contributed by atoms with Crippen LogP contribution in [0, 0.1) is 0 Å². The first kappa shape index (κ1) is 13.2. The molecule has 0 fully saturated rings. The Labute approximate surface area is 125 Å². The number of benzene rings is 1. The lowest BCUT2D eigenvalue weighted by Gasteiger charge is -1.97. The van der Waals surface area contributed by atoms with Gasteiger partial charge < -0.3 is 8.98 Å². The summed E-state index contributed by atoms with van der Waals surface area (Å²) < 4.78 is 7.34. The molecule has 0 atom stereocenters. The summed E-state index contributed by atoms with van der Waals surface area (Å²) in [6, 6.07) is 7.43. The number of oxazole rings is 1. The van der Waals surface area contributed by atoms with Crippen LogP contribution < -0.4 is 0 Å². The maximum Gasteiger partial charge on any atom is 0.226 e. The van der Waals surface area contributed by atoms with Gasteiger partial charge in [-0.3, -0.25) is 0 Å². The predicted octanol–water partition coefficient (Wildman–Crippen LogP) is 3.42. The van der Waals surface area contributed by atoms with Crippen LogP contribution in [-0.2, 0) is 12.8 Å². The summed E-state index contributed by atoms with van der Waals surface area (Å²) in [6.07, 6.45) is 3.32. The van der Waals surface area contributed by atoms with Crippen LogP contribution >= 0.6 is 23.4 Å². The van der Waals surface area contributed by atoms with Crippen molar-refractivity contribution in [2.75, 3.05) is 0 Å². The molecule has 5 nitrogen and oxygen atoms in total. The summed E-state index contributed by atoms with van der Waals surface area (Å²) in [5.74, 6) is 1.25.